The second-order valence-electron chi connectivity index (χ2n) is 7.57. The molecule has 2 aliphatic rings. The third kappa shape index (κ3) is 3.46. The third-order valence-corrected chi connectivity index (χ3v) is 6.59. The highest BCUT2D eigenvalue weighted by Crippen LogP contribution is 2.40. The van der Waals surface area contributed by atoms with Gasteiger partial charge in [-0.25, -0.2) is 4.79 Å². The largest absolute Gasteiger partial charge is 0.423 e. The molecule has 5 rings (SSSR count). The van der Waals surface area contributed by atoms with E-state index >= 15 is 0 Å². The van der Waals surface area contributed by atoms with Crippen LogP contribution in [0.15, 0.2) is 54.6 Å². The fraction of sp³-hybridized carbons (Fsp3) is 0.217. The highest BCUT2D eigenvalue weighted by atomic mass is 32.1. The number of hydrogen-bond acceptors (Lipinski definition) is 6. The molecule has 7 heteroatoms. The summed E-state index contributed by atoms with van der Waals surface area (Å²) < 4.78 is 5.52. The number of benzene rings is 2. The molecule has 152 valence electrons. The van der Waals surface area contributed by atoms with Crippen LogP contribution in [0, 0.1) is 0 Å². The molecular formula is C23H21N3O3S. The number of esters is 1. The van der Waals surface area contributed by atoms with E-state index in [-0.39, 0.29) is 12.1 Å². The summed E-state index contributed by atoms with van der Waals surface area (Å²) in [7, 11) is 2.10. The molecule has 0 fully saturated rings. The van der Waals surface area contributed by atoms with E-state index in [1.165, 1.54) is 10.4 Å². The predicted octanol–water partition coefficient (Wildman–Crippen LogP) is 3.81. The Balaban J connectivity index is 1.38. The van der Waals surface area contributed by atoms with Crippen LogP contribution >= 0.6 is 11.3 Å². The van der Waals surface area contributed by atoms with Gasteiger partial charge >= 0.3 is 5.97 Å². The van der Waals surface area contributed by atoms with Crippen molar-refractivity contribution >= 4 is 28.2 Å². The second kappa shape index (κ2) is 7.59. The Hall–Kier alpha value is -3.16. The van der Waals surface area contributed by atoms with Crippen LogP contribution in [0.3, 0.4) is 0 Å². The van der Waals surface area contributed by atoms with Crippen LogP contribution in [-0.4, -0.2) is 30.4 Å². The van der Waals surface area contributed by atoms with Gasteiger partial charge in [-0.3, -0.25) is 4.79 Å². The lowest BCUT2D eigenvalue weighted by molar-refractivity contribution is 0.0734. The van der Waals surface area contributed by atoms with E-state index in [4.69, 9.17) is 4.74 Å². The Kier molecular flexibility index (Phi) is 4.77. The van der Waals surface area contributed by atoms with Crippen LogP contribution in [0.1, 0.15) is 42.9 Å². The van der Waals surface area contributed by atoms with E-state index < -0.39 is 5.97 Å². The van der Waals surface area contributed by atoms with Crippen molar-refractivity contribution in [2.75, 3.05) is 18.9 Å². The molecule has 1 atom stereocenters. The zero-order valence-corrected chi connectivity index (χ0v) is 17.3. The summed E-state index contributed by atoms with van der Waals surface area (Å²) in [6.07, 6.45) is 0.515. The van der Waals surface area contributed by atoms with Gasteiger partial charge < -0.3 is 20.3 Å². The number of anilines is 1. The summed E-state index contributed by atoms with van der Waals surface area (Å²) in [5.74, 6) is -0.0245. The molecule has 0 unspecified atom stereocenters. The van der Waals surface area contributed by atoms with Gasteiger partial charge in [0, 0.05) is 18.0 Å². The molecule has 0 radical (unpaired) electrons. The molecular weight excluding hydrogens is 398 g/mol. The van der Waals surface area contributed by atoms with Gasteiger partial charge in [0.05, 0.1) is 11.1 Å². The van der Waals surface area contributed by atoms with Crippen molar-refractivity contribution < 1.29 is 14.3 Å². The van der Waals surface area contributed by atoms with E-state index in [0.717, 1.165) is 35.6 Å². The fourth-order valence-corrected chi connectivity index (χ4v) is 5.26. The quantitative estimate of drug-likeness (QED) is 0.499. The van der Waals surface area contributed by atoms with Crippen LogP contribution in [0.25, 0.3) is 0 Å². The number of carbonyl (C=O) groups is 2. The molecule has 0 aliphatic carbocycles. The van der Waals surface area contributed by atoms with E-state index in [1.807, 2.05) is 18.2 Å². The average Bonchev–Trinajstić information content (AvgIpc) is 3.12. The number of carbonyl (C=O) groups excluding carboxylic acids is 2. The zero-order chi connectivity index (χ0) is 20.7. The van der Waals surface area contributed by atoms with Crippen molar-refractivity contribution in [3.8, 4) is 5.75 Å². The summed E-state index contributed by atoms with van der Waals surface area (Å²) in [5.41, 5.74) is 3.27. The van der Waals surface area contributed by atoms with Gasteiger partial charge in [0.1, 0.15) is 16.9 Å². The average molecular weight is 420 g/mol. The lowest BCUT2D eigenvalue weighted by atomic mass is 10.0. The molecule has 2 aliphatic heterocycles. The first-order valence-electron chi connectivity index (χ1n) is 9.86. The van der Waals surface area contributed by atoms with E-state index in [2.05, 4.69) is 22.6 Å². The Morgan fingerprint density at radius 3 is 2.80 bits per heavy atom. The van der Waals surface area contributed by atoms with Crippen molar-refractivity contribution in [2.45, 2.75) is 19.1 Å². The maximum Gasteiger partial charge on any atom is 0.343 e. The normalized spacial score (nSPS) is 18.0. The summed E-state index contributed by atoms with van der Waals surface area (Å²) in [5, 5.41) is 7.42. The molecule has 0 spiro atoms. The van der Waals surface area contributed by atoms with Gasteiger partial charge in [-0.2, -0.15) is 0 Å². The van der Waals surface area contributed by atoms with Crippen molar-refractivity contribution in [3.63, 3.8) is 0 Å². The highest BCUT2D eigenvalue weighted by Gasteiger charge is 2.32. The van der Waals surface area contributed by atoms with Gasteiger partial charge in [-0.15, -0.1) is 11.3 Å². The van der Waals surface area contributed by atoms with Gasteiger partial charge in [0.25, 0.3) is 5.91 Å². The second-order valence-corrected chi connectivity index (χ2v) is 8.68. The molecule has 1 amide bonds. The minimum atomic E-state index is -0.411. The maximum atomic E-state index is 12.9. The van der Waals surface area contributed by atoms with Crippen LogP contribution in [0.4, 0.5) is 5.00 Å². The Morgan fingerprint density at radius 2 is 1.97 bits per heavy atom. The molecule has 0 saturated heterocycles. The van der Waals surface area contributed by atoms with E-state index in [0.29, 0.717) is 11.3 Å². The summed E-state index contributed by atoms with van der Waals surface area (Å²) in [6, 6.07) is 16.1. The number of ether oxygens (including phenoxy) is 1. The summed E-state index contributed by atoms with van der Waals surface area (Å²) >= 11 is 1.66. The Bertz CT molecular complexity index is 1130. The lowest BCUT2D eigenvalue weighted by Crippen LogP contribution is -2.38. The molecule has 0 saturated carbocycles. The smallest absolute Gasteiger partial charge is 0.343 e. The third-order valence-electron chi connectivity index (χ3n) is 5.44. The Labute approximate surface area is 178 Å². The molecule has 3 heterocycles. The molecule has 2 aromatic carbocycles. The molecule has 6 nitrogen and oxygen atoms in total. The highest BCUT2D eigenvalue weighted by molar-refractivity contribution is 7.16. The van der Waals surface area contributed by atoms with Crippen molar-refractivity contribution in [1.82, 2.24) is 10.2 Å². The first kappa shape index (κ1) is 18.8. The SMILES string of the molecule is CN1CCc2c(sc3c2C(=O)N[C@H](c2cccc(OC(=O)c4ccccc4)c2)N3)C1. The molecule has 3 aromatic rings. The number of thiophene rings is 1. The number of amides is 1. The summed E-state index contributed by atoms with van der Waals surface area (Å²) in [4.78, 5) is 28.8. The van der Waals surface area contributed by atoms with Gasteiger partial charge in [-0.1, -0.05) is 30.3 Å². The molecule has 1 aromatic heterocycles. The van der Waals surface area contributed by atoms with Crippen molar-refractivity contribution in [2.24, 2.45) is 0 Å². The molecule has 2 N–H and O–H groups in total. The Morgan fingerprint density at radius 1 is 1.13 bits per heavy atom. The molecule has 0 bridgehead atoms. The number of likely N-dealkylation sites (N-methyl/N-ethyl adjacent to an activating group) is 1. The first-order chi connectivity index (χ1) is 14.6. The number of nitrogens with zero attached hydrogens (tertiary/aromatic N) is 1. The predicted molar refractivity (Wildman–Crippen MR) is 116 cm³/mol. The zero-order valence-electron chi connectivity index (χ0n) is 16.5. The van der Waals surface area contributed by atoms with Crippen LogP contribution < -0.4 is 15.4 Å². The van der Waals surface area contributed by atoms with Gasteiger partial charge in [-0.05, 0) is 48.9 Å². The number of fused-ring (bicyclic) bond motifs is 3. The maximum absolute atomic E-state index is 12.9. The van der Waals surface area contributed by atoms with Crippen molar-refractivity contribution in [3.05, 3.63) is 81.7 Å². The van der Waals surface area contributed by atoms with Crippen molar-refractivity contribution in [1.29, 1.82) is 0 Å². The number of hydrogen-bond donors (Lipinski definition) is 2. The minimum absolute atomic E-state index is 0.0533. The topological polar surface area (TPSA) is 70.7 Å². The lowest BCUT2D eigenvalue weighted by Gasteiger charge is -2.27. The van der Waals surface area contributed by atoms with Crippen LogP contribution in [0.2, 0.25) is 0 Å². The number of rotatable bonds is 3. The number of nitrogens with one attached hydrogen (secondary N) is 2. The molecule has 30 heavy (non-hydrogen) atoms. The first-order valence-corrected chi connectivity index (χ1v) is 10.7. The fourth-order valence-electron chi connectivity index (χ4n) is 3.91. The van der Waals surface area contributed by atoms with Crippen LogP contribution in [0.5, 0.6) is 5.75 Å². The van der Waals surface area contributed by atoms with Gasteiger partial charge in [0.15, 0.2) is 0 Å². The van der Waals surface area contributed by atoms with Crippen LogP contribution in [-0.2, 0) is 13.0 Å². The standard InChI is InChI=1S/C23H21N3O3S/c1-26-11-10-17-18(13-26)30-22-19(17)21(27)24-20(25-22)15-8-5-9-16(12-15)29-23(28)14-6-3-2-4-7-14/h2-9,12,20,25H,10-11,13H2,1H3,(H,24,27)/t20-/m0/s1. The minimum Gasteiger partial charge on any atom is -0.423 e. The van der Waals surface area contributed by atoms with E-state index in [9.17, 15) is 9.59 Å². The monoisotopic (exact) mass is 419 g/mol. The summed E-state index contributed by atoms with van der Waals surface area (Å²) in [6.45, 7) is 1.83. The van der Waals surface area contributed by atoms with Gasteiger partial charge in [0.2, 0.25) is 0 Å². The van der Waals surface area contributed by atoms with E-state index in [1.54, 1.807) is 47.7 Å².